The fourth-order valence-corrected chi connectivity index (χ4v) is 3.42. The first kappa shape index (κ1) is 12.2. The highest BCUT2D eigenvalue weighted by atomic mass is 14.2. The molecule has 2 aliphatic rings. The molecular formula is C16H28. The van der Waals surface area contributed by atoms with Gasteiger partial charge in [0, 0.05) is 0 Å². The predicted molar refractivity (Wildman–Crippen MR) is 71.5 cm³/mol. The summed E-state index contributed by atoms with van der Waals surface area (Å²) in [5, 5.41) is 0. The molecule has 0 aromatic rings. The molecule has 2 fully saturated rings. The summed E-state index contributed by atoms with van der Waals surface area (Å²) < 4.78 is 0. The standard InChI is InChI=1S/C16H28/c1-3-9-15(10-4-1)13-7-8-14-16-11-5-2-6-12-16/h7,13,15-16H,1-6,8-12,14H2/b13-7+. The molecule has 2 saturated carbocycles. The van der Waals surface area contributed by atoms with Crippen molar-refractivity contribution in [2.75, 3.05) is 0 Å². The summed E-state index contributed by atoms with van der Waals surface area (Å²) in [6.07, 6.45) is 22.7. The molecule has 0 bridgehead atoms. The van der Waals surface area contributed by atoms with E-state index in [1.165, 1.54) is 77.0 Å². The van der Waals surface area contributed by atoms with Crippen LogP contribution in [0.5, 0.6) is 0 Å². The van der Waals surface area contributed by atoms with Crippen LogP contribution < -0.4 is 0 Å². The number of hydrogen-bond acceptors (Lipinski definition) is 0. The average Bonchev–Trinajstić information content (AvgIpc) is 2.37. The molecule has 0 heterocycles. The molecule has 0 amide bonds. The van der Waals surface area contributed by atoms with E-state index in [4.69, 9.17) is 0 Å². The predicted octanol–water partition coefficient (Wildman–Crippen LogP) is 5.48. The van der Waals surface area contributed by atoms with Crippen LogP contribution in [-0.4, -0.2) is 0 Å². The summed E-state index contributed by atoms with van der Waals surface area (Å²) in [4.78, 5) is 0. The number of hydrogen-bond donors (Lipinski definition) is 0. The molecule has 0 spiro atoms. The van der Waals surface area contributed by atoms with Crippen LogP contribution in [0.2, 0.25) is 0 Å². The maximum atomic E-state index is 2.53. The Kier molecular flexibility index (Phi) is 5.45. The fraction of sp³-hybridized carbons (Fsp3) is 0.875. The van der Waals surface area contributed by atoms with E-state index in [1.807, 2.05) is 0 Å². The second-order valence-corrected chi connectivity index (χ2v) is 5.91. The van der Waals surface area contributed by atoms with E-state index in [0.29, 0.717) is 0 Å². The lowest BCUT2D eigenvalue weighted by molar-refractivity contribution is 0.340. The third-order valence-corrected chi connectivity index (χ3v) is 4.52. The molecule has 0 heteroatoms. The minimum absolute atomic E-state index is 0.931. The molecule has 0 radical (unpaired) electrons. The van der Waals surface area contributed by atoms with Crippen molar-refractivity contribution in [3.8, 4) is 0 Å². The zero-order valence-corrected chi connectivity index (χ0v) is 10.8. The molecular weight excluding hydrogens is 192 g/mol. The van der Waals surface area contributed by atoms with Crippen LogP contribution in [0.15, 0.2) is 12.2 Å². The third kappa shape index (κ3) is 4.31. The zero-order valence-electron chi connectivity index (χ0n) is 10.8. The van der Waals surface area contributed by atoms with Crippen molar-refractivity contribution in [1.82, 2.24) is 0 Å². The van der Waals surface area contributed by atoms with Gasteiger partial charge in [-0.1, -0.05) is 63.5 Å². The van der Waals surface area contributed by atoms with Gasteiger partial charge in [0.25, 0.3) is 0 Å². The van der Waals surface area contributed by atoms with E-state index in [0.717, 1.165) is 11.8 Å². The molecule has 0 unspecified atom stereocenters. The van der Waals surface area contributed by atoms with Crippen LogP contribution in [-0.2, 0) is 0 Å². The van der Waals surface area contributed by atoms with Gasteiger partial charge in [-0.3, -0.25) is 0 Å². The van der Waals surface area contributed by atoms with E-state index in [9.17, 15) is 0 Å². The van der Waals surface area contributed by atoms with Crippen molar-refractivity contribution >= 4 is 0 Å². The van der Waals surface area contributed by atoms with E-state index >= 15 is 0 Å². The Hall–Kier alpha value is -0.260. The molecule has 2 rings (SSSR count). The van der Waals surface area contributed by atoms with E-state index in [1.54, 1.807) is 0 Å². The number of allylic oxidation sites excluding steroid dienone is 2. The van der Waals surface area contributed by atoms with Crippen LogP contribution in [0.25, 0.3) is 0 Å². The van der Waals surface area contributed by atoms with Gasteiger partial charge >= 0.3 is 0 Å². The average molecular weight is 220 g/mol. The summed E-state index contributed by atoms with van der Waals surface area (Å²) in [5.74, 6) is 1.99. The lowest BCUT2D eigenvalue weighted by Crippen LogP contribution is -2.05. The second kappa shape index (κ2) is 7.14. The normalized spacial score (nSPS) is 25.2. The van der Waals surface area contributed by atoms with Crippen molar-refractivity contribution in [3.63, 3.8) is 0 Å². The highest BCUT2D eigenvalue weighted by Gasteiger charge is 2.12. The Morgan fingerprint density at radius 1 is 0.750 bits per heavy atom. The Morgan fingerprint density at radius 2 is 1.38 bits per heavy atom. The van der Waals surface area contributed by atoms with E-state index in [2.05, 4.69) is 12.2 Å². The topological polar surface area (TPSA) is 0 Å². The molecule has 0 saturated heterocycles. The van der Waals surface area contributed by atoms with E-state index < -0.39 is 0 Å². The number of rotatable bonds is 4. The van der Waals surface area contributed by atoms with Crippen molar-refractivity contribution < 1.29 is 0 Å². The quantitative estimate of drug-likeness (QED) is 0.550. The SMILES string of the molecule is C(=C\C1CCCCC1)/CCC1CCCCC1. The Morgan fingerprint density at radius 3 is 2.06 bits per heavy atom. The van der Waals surface area contributed by atoms with Gasteiger partial charge in [0.2, 0.25) is 0 Å². The second-order valence-electron chi connectivity index (χ2n) is 5.91. The van der Waals surface area contributed by atoms with Crippen molar-refractivity contribution in [3.05, 3.63) is 12.2 Å². The summed E-state index contributed by atoms with van der Waals surface area (Å²) in [6.45, 7) is 0. The molecule has 0 aliphatic heterocycles. The Balaban J connectivity index is 1.57. The van der Waals surface area contributed by atoms with Gasteiger partial charge in [0.15, 0.2) is 0 Å². The smallest absolute Gasteiger partial charge is 0.0234 e. The van der Waals surface area contributed by atoms with Crippen LogP contribution in [0, 0.1) is 11.8 Å². The Bertz CT molecular complexity index is 192. The van der Waals surface area contributed by atoms with E-state index in [-0.39, 0.29) is 0 Å². The Labute approximate surface area is 102 Å². The van der Waals surface area contributed by atoms with Crippen LogP contribution in [0.4, 0.5) is 0 Å². The van der Waals surface area contributed by atoms with Gasteiger partial charge in [-0.15, -0.1) is 0 Å². The highest BCUT2D eigenvalue weighted by Crippen LogP contribution is 2.28. The van der Waals surface area contributed by atoms with Crippen LogP contribution >= 0.6 is 0 Å². The van der Waals surface area contributed by atoms with Crippen LogP contribution in [0.1, 0.15) is 77.0 Å². The molecule has 16 heavy (non-hydrogen) atoms. The molecule has 92 valence electrons. The molecule has 2 aliphatic carbocycles. The van der Waals surface area contributed by atoms with Gasteiger partial charge in [0.1, 0.15) is 0 Å². The molecule has 0 aromatic heterocycles. The van der Waals surface area contributed by atoms with Gasteiger partial charge in [-0.2, -0.15) is 0 Å². The summed E-state index contributed by atoms with van der Waals surface area (Å²) in [5.41, 5.74) is 0. The molecule has 0 atom stereocenters. The fourth-order valence-electron chi connectivity index (χ4n) is 3.42. The maximum absolute atomic E-state index is 2.53. The third-order valence-electron chi connectivity index (χ3n) is 4.52. The highest BCUT2D eigenvalue weighted by molar-refractivity contribution is 4.90. The maximum Gasteiger partial charge on any atom is -0.0234 e. The van der Waals surface area contributed by atoms with Gasteiger partial charge in [0.05, 0.1) is 0 Å². The zero-order chi connectivity index (χ0) is 11.1. The molecule has 0 N–H and O–H groups in total. The van der Waals surface area contributed by atoms with Gasteiger partial charge in [-0.25, -0.2) is 0 Å². The van der Waals surface area contributed by atoms with Crippen LogP contribution in [0.3, 0.4) is 0 Å². The largest absolute Gasteiger partial charge is 0.0882 e. The van der Waals surface area contributed by atoms with Crippen molar-refractivity contribution in [2.45, 2.75) is 77.0 Å². The first-order chi connectivity index (χ1) is 7.95. The first-order valence-corrected chi connectivity index (χ1v) is 7.62. The minimum Gasteiger partial charge on any atom is -0.0882 e. The lowest BCUT2D eigenvalue weighted by Gasteiger charge is -2.21. The molecule has 0 aromatic carbocycles. The van der Waals surface area contributed by atoms with Gasteiger partial charge in [-0.05, 0) is 37.5 Å². The van der Waals surface area contributed by atoms with Crippen molar-refractivity contribution in [1.29, 1.82) is 0 Å². The summed E-state index contributed by atoms with van der Waals surface area (Å²) >= 11 is 0. The monoisotopic (exact) mass is 220 g/mol. The van der Waals surface area contributed by atoms with Crippen molar-refractivity contribution in [2.24, 2.45) is 11.8 Å². The minimum atomic E-state index is 0.931. The first-order valence-electron chi connectivity index (χ1n) is 7.62. The lowest BCUT2D eigenvalue weighted by atomic mass is 9.85. The summed E-state index contributed by atoms with van der Waals surface area (Å²) in [7, 11) is 0. The molecule has 0 nitrogen and oxygen atoms in total. The summed E-state index contributed by atoms with van der Waals surface area (Å²) in [6, 6.07) is 0. The van der Waals surface area contributed by atoms with Gasteiger partial charge < -0.3 is 0 Å².